The summed E-state index contributed by atoms with van der Waals surface area (Å²) < 4.78 is 38.4. The minimum absolute atomic E-state index is 0.0476. The Hall–Kier alpha value is -2.91. The second-order valence-electron chi connectivity index (χ2n) is 7.09. The molecule has 28 heavy (non-hydrogen) atoms. The van der Waals surface area contributed by atoms with Gasteiger partial charge in [0, 0.05) is 25.1 Å². The minimum atomic E-state index is -4.54. The van der Waals surface area contributed by atoms with Crippen LogP contribution in [0.15, 0.2) is 18.2 Å². The molecule has 0 saturated carbocycles. The number of alkyl halides is 3. The summed E-state index contributed by atoms with van der Waals surface area (Å²) in [5, 5.41) is 21.1. The monoisotopic (exact) mass is 393 g/mol. The molecule has 148 valence electrons. The molecule has 2 unspecified atom stereocenters. The maximum atomic E-state index is 12.8. The molecule has 3 heterocycles. The molecule has 0 bridgehead atoms. The number of fused-ring (bicyclic) bond motifs is 1. The zero-order valence-electron chi connectivity index (χ0n) is 15.0. The van der Waals surface area contributed by atoms with Crippen LogP contribution in [0, 0.1) is 12.8 Å². The Morgan fingerprint density at radius 3 is 2.75 bits per heavy atom. The highest BCUT2D eigenvalue weighted by molar-refractivity contribution is 5.77. The van der Waals surface area contributed by atoms with E-state index in [1.807, 2.05) is 4.90 Å². The molecule has 2 aliphatic heterocycles. The molecular formula is C18H18F3N5O2. The number of aryl methyl sites for hydroxylation is 1. The van der Waals surface area contributed by atoms with Crippen molar-refractivity contribution in [2.45, 2.75) is 32.0 Å². The van der Waals surface area contributed by atoms with Gasteiger partial charge < -0.3 is 15.3 Å². The Labute approximate surface area is 158 Å². The van der Waals surface area contributed by atoms with Crippen molar-refractivity contribution in [2.24, 2.45) is 5.92 Å². The number of phenolic OH excluding ortho intramolecular Hbond substituents is 1. The molecular weight excluding hydrogens is 375 g/mol. The van der Waals surface area contributed by atoms with Gasteiger partial charge >= 0.3 is 6.18 Å². The molecule has 2 saturated heterocycles. The van der Waals surface area contributed by atoms with E-state index in [-0.39, 0.29) is 29.1 Å². The van der Waals surface area contributed by atoms with E-state index in [0.717, 1.165) is 12.5 Å². The number of rotatable bonds is 2. The second-order valence-corrected chi connectivity index (χ2v) is 7.09. The summed E-state index contributed by atoms with van der Waals surface area (Å²) >= 11 is 0. The molecule has 2 aliphatic rings. The predicted octanol–water partition coefficient (Wildman–Crippen LogP) is 2.29. The number of carbonyl (C=O) groups is 1. The summed E-state index contributed by atoms with van der Waals surface area (Å²) in [6.07, 6.45) is -3.20. The normalized spacial score (nSPS) is 22.1. The molecule has 0 aliphatic carbocycles. The van der Waals surface area contributed by atoms with Gasteiger partial charge in [-0.05, 0) is 37.5 Å². The van der Waals surface area contributed by atoms with Gasteiger partial charge in [-0.15, -0.1) is 10.2 Å². The van der Waals surface area contributed by atoms with Crippen LogP contribution in [-0.2, 0) is 11.0 Å². The largest absolute Gasteiger partial charge is 0.507 e. The number of phenols is 1. The van der Waals surface area contributed by atoms with Crippen LogP contribution >= 0.6 is 0 Å². The predicted molar refractivity (Wildman–Crippen MR) is 93.5 cm³/mol. The lowest BCUT2D eigenvalue weighted by molar-refractivity contribution is -0.137. The Morgan fingerprint density at radius 1 is 1.29 bits per heavy atom. The molecule has 2 fully saturated rings. The Morgan fingerprint density at radius 2 is 2.07 bits per heavy atom. The van der Waals surface area contributed by atoms with Crippen LogP contribution in [0.5, 0.6) is 5.75 Å². The minimum Gasteiger partial charge on any atom is -0.507 e. The van der Waals surface area contributed by atoms with Crippen molar-refractivity contribution in [1.82, 2.24) is 20.5 Å². The highest BCUT2D eigenvalue weighted by Gasteiger charge is 2.40. The first-order chi connectivity index (χ1) is 13.2. The highest BCUT2D eigenvalue weighted by Crippen LogP contribution is 2.37. The van der Waals surface area contributed by atoms with Gasteiger partial charge in [0.2, 0.25) is 11.9 Å². The fourth-order valence-corrected chi connectivity index (χ4v) is 3.88. The fourth-order valence-electron chi connectivity index (χ4n) is 3.88. The topological polar surface area (TPSA) is 91.2 Å². The van der Waals surface area contributed by atoms with Crippen molar-refractivity contribution in [2.75, 3.05) is 18.0 Å². The molecule has 0 spiro atoms. The van der Waals surface area contributed by atoms with Gasteiger partial charge in [-0.25, -0.2) is 4.98 Å². The number of hydrogen-bond donors (Lipinski definition) is 2. The molecule has 4 rings (SSSR count). The van der Waals surface area contributed by atoms with Crippen LogP contribution in [-0.4, -0.2) is 45.3 Å². The number of hydrogen-bond acceptors (Lipinski definition) is 6. The number of nitrogens with one attached hydrogen (secondary N) is 1. The summed E-state index contributed by atoms with van der Waals surface area (Å²) in [5.74, 6) is 0.178. The third-order valence-corrected chi connectivity index (χ3v) is 5.33. The maximum Gasteiger partial charge on any atom is 0.416 e. The maximum absolute atomic E-state index is 12.8. The summed E-state index contributed by atoms with van der Waals surface area (Å²) in [5.41, 5.74) is -0.126. The Bertz CT molecular complexity index is 934. The van der Waals surface area contributed by atoms with Crippen LogP contribution in [0.4, 0.5) is 19.1 Å². The fraction of sp³-hybridized carbons (Fsp3) is 0.444. The zero-order valence-corrected chi connectivity index (χ0v) is 15.0. The number of halogens is 3. The van der Waals surface area contributed by atoms with Gasteiger partial charge in [0.15, 0.2) is 0 Å². The lowest BCUT2D eigenvalue weighted by Gasteiger charge is -2.31. The van der Waals surface area contributed by atoms with Crippen molar-refractivity contribution in [3.63, 3.8) is 0 Å². The van der Waals surface area contributed by atoms with E-state index in [1.165, 1.54) is 6.07 Å². The lowest BCUT2D eigenvalue weighted by atomic mass is 9.93. The van der Waals surface area contributed by atoms with Crippen LogP contribution in [0.3, 0.4) is 0 Å². The third-order valence-electron chi connectivity index (χ3n) is 5.33. The van der Waals surface area contributed by atoms with E-state index in [0.29, 0.717) is 37.2 Å². The number of anilines is 1. The number of aromatic hydroxyl groups is 1. The Kier molecular flexibility index (Phi) is 4.35. The third kappa shape index (κ3) is 3.23. The molecule has 2 aromatic rings. The van der Waals surface area contributed by atoms with Gasteiger partial charge in [-0.1, -0.05) is 0 Å². The van der Waals surface area contributed by atoms with Crippen molar-refractivity contribution < 1.29 is 23.1 Å². The smallest absolute Gasteiger partial charge is 0.416 e. The molecule has 1 aromatic heterocycles. The van der Waals surface area contributed by atoms with E-state index >= 15 is 0 Å². The van der Waals surface area contributed by atoms with E-state index in [9.17, 15) is 23.1 Å². The molecule has 0 radical (unpaired) electrons. The van der Waals surface area contributed by atoms with Crippen LogP contribution < -0.4 is 10.2 Å². The molecule has 1 amide bonds. The second kappa shape index (κ2) is 6.61. The standard InChI is InChI=1S/C18H18F3N5O2/c1-9-16(12-3-2-11(7-14(12)27)18(19,20)21)24-25-17(23-9)26-5-4-10-6-15(28)22-8-13(10)26/h2-3,7,10,13,27H,4-6,8H2,1H3,(H,22,28). The van der Waals surface area contributed by atoms with Crippen LogP contribution in [0.25, 0.3) is 11.3 Å². The molecule has 7 nitrogen and oxygen atoms in total. The SMILES string of the molecule is Cc1nc(N2CCC3CC(=O)NCC32)nnc1-c1ccc(C(F)(F)F)cc1O. The van der Waals surface area contributed by atoms with Crippen molar-refractivity contribution in [3.8, 4) is 17.0 Å². The van der Waals surface area contributed by atoms with E-state index in [1.54, 1.807) is 6.92 Å². The van der Waals surface area contributed by atoms with Crippen molar-refractivity contribution in [3.05, 3.63) is 29.5 Å². The number of carbonyl (C=O) groups excluding carboxylic acids is 1. The van der Waals surface area contributed by atoms with Gasteiger partial charge in [-0.2, -0.15) is 13.2 Å². The van der Waals surface area contributed by atoms with E-state index < -0.39 is 17.5 Å². The number of amides is 1. The zero-order chi connectivity index (χ0) is 20.1. The number of aromatic nitrogens is 3. The summed E-state index contributed by atoms with van der Waals surface area (Å²) in [6, 6.07) is 2.82. The molecule has 10 heteroatoms. The summed E-state index contributed by atoms with van der Waals surface area (Å²) in [7, 11) is 0. The van der Waals surface area contributed by atoms with Crippen LogP contribution in [0.1, 0.15) is 24.1 Å². The molecule has 2 atom stereocenters. The Balaban J connectivity index is 1.62. The quantitative estimate of drug-likeness (QED) is 0.814. The number of piperidine rings is 1. The van der Waals surface area contributed by atoms with E-state index in [2.05, 4.69) is 20.5 Å². The van der Waals surface area contributed by atoms with Crippen LogP contribution in [0.2, 0.25) is 0 Å². The first-order valence-corrected chi connectivity index (χ1v) is 8.89. The highest BCUT2D eigenvalue weighted by atomic mass is 19.4. The summed E-state index contributed by atoms with van der Waals surface area (Å²) in [4.78, 5) is 18.0. The van der Waals surface area contributed by atoms with Gasteiger partial charge in [0.05, 0.1) is 17.3 Å². The van der Waals surface area contributed by atoms with Gasteiger partial charge in [-0.3, -0.25) is 4.79 Å². The molecule has 1 aromatic carbocycles. The van der Waals surface area contributed by atoms with Crippen molar-refractivity contribution >= 4 is 11.9 Å². The van der Waals surface area contributed by atoms with Crippen molar-refractivity contribution in [1.29, 1.82) is 0 Å². The van der Waals surface area contributed by atoms with Gasteiger partial charge in [0.25, 0.3) is 0 Å². The average molecular weight is 393 g/mol. The first kappa shape index (κ1) is 18.5. The van der Waals surface area contributed by atoms with Gasteiger partial charge in [0.1, 0.15) is 11.4 Å². The molecule has 2 N–H and O–H groups in total. The lowest BCUT2D eigenvalue weighted by Crippen LogP contribution is -2.49. The summed E-state index contributed by atoms with van der Waals surface area (Å²) in [6.45, 7) is 2.89. The number of benzene rings is 1. The number of nitrogens with zero attached hydrogens (tertiary/aromatic N) is 4. The first-order valence-electron chi connectivity index (χ1n) is 8.89. The average Bonchev–Trinajstić information content (AvgIpc) is 3.04. The van der Waals surface area contributed by atoms with E-state index in [4.69, 9.17) is 0 Å².